The van der Waals surface area contributed by atoms with Crippen molar-refractivity contribution in [2.75, 3.05) is 19.8 Å². The Kier molecular flexibility index (Phi) is 30.1. The van der Waals surface area contributed by atoms with E-state index < -0.39 is 79.2 Å². The number of aromatic amines is 1. The van der Waals surface area contributed by atoms with Gasteiger partial charge < -0.3 is 79.8 Å². The maximum atomic E-state index is 10.3. The first kappa shape index (κ1) is 47.6. The van der Waals surface area contributed by atoms with E-state index in [1.54, 1.807) is 6.20 Å². The van der Waals surface area contributed by atoms with Crippen molar-refractivity contribution in [3.8, 4) is 0 Å². The second-order valence-electron chi connectivity index (χ2n) is 8.72. The van der Waals surface area contributed by atoms with Crippen LogP contribution in [-0.2, 0) is 35.2 Å². The molecule has 1 saturated heterocycles. The average molecular weight is 659 g/mol. The van der Waals surface area contributed by atoms with Gasteiger partial charge in [0.1, 0.15) is 36.3 Å². The van der Waals surface area contributed by atoms with Crippen molar-refractivity contribution in [1.29, 1.82) is 0 Å². The number of carbonyl (C=O) groups is 6. The molecular weight excluding hydrogens is 612 g/mol. The van der Waals surface area contributed by atoms with E-state index in [2.05, 4.69) is 15.3 Å². The first-order chi connectivity index (χ1) is 20.6. The van der Waals surface area contributed by atoms with Gasteiger partial charge in [-0.05, 0) is 33.2 Å². The Morgan fingerprint density at radius 1 is 0.756 bits per heavy atom. The molecule has 0 saturated carbocycles. The number of aromatic nitrogens is 2. The molecule has 2 rings (SSSR count). The number of aliphatic carboxylic acids is 6. The second-order valence-corrected chi connectivity index (χ2v) is 8.72. The maximum absolute atomic E-state index is 10.3. The number of imidazole rings is 1. The fraction of sp³-hybridized carbons (Fsp3) is 0.609. The van der Waals surface area contributed by atoms with Gasteiger partial charge in [-0.2, -0.15) is 0 Å². The third kappa shape index (κ3) is 32.5. The van der Waals surface area contributed by atoms with Crippen molar-refractivity contribution in [3.63, 3.8) is 0 Å². The molecule has 0 aromatic carbocycles. The van der Waals surface area contributed by atoms with E-state index in [1.165, 1.54) is 20.2 Å². The van der Waals surface area contributed by atoms with Crippen LogP contribution in [0.3, 0.4) is 0 Å². The summed E-state index contributed by atoms with van der Waals surface area (Å²) in [7, 11) is 0. The van der Waals surface area contributed by atoms with Crippen LogP contribution in [0, 0.1) is 0 Å². The molecule has 0 spiro atoms. The molecule has 1 aromatic rings. The lowest BCUT2D eigenvalue weighted by atomic mass is 10.2. The van der Waals surface area contributed by atoms with E-state index in [0.29, 0.717) is 0 Å². The smallest absolute Gasteiger partial charge is 0.322 e. The molecule has 2 heterocycles. The number of nitrogens with zero attached hydrogens (tertiary/aromatic N) is 1. The highest BCUT2D eigenvalue weighted by Gasteiger charge is 2.20. The zero-order chi connectivity index (χ0) is 36.3. The first-order valence-electron chi connectivity index (χ1n) is 12.7. The number of hydrogen-bond donors (Lipinski definition) is 15. The number of hydrogen-bond acceptors (Lipinski definition) is 15. The molecule has 6 atom stereocenters. The van der Waals surface area contributed by atoms with Gasteiger partial charge >= 0.3 is 35.8 Å². The van der Waals surface area contributed by atoms with E-state index in [1.807, 2.05) is 0 Å². The third-order valence-corrected chi connectivity index (χ3v) is 4.48. The fourth-order valence-corrected chi connectivity index (χ4v) is 1.77. The number of nitrogens with two attached hydrogens (primary N) is 5. The summed E-state index contributed by atoms with van der Waals surface area (Å²) in [6.07, 6.45) is 5.12. The van der Waals surface area contributed by atoms with Crippen LogP contribution in [0.2, 0.25) is 0 Å². The molecule has 0 radical (unpaired) electrons. The van der Waals surface area contributed by atoms with Crippen molar-refractivity contribution in [2.24, 2.45) is 28.7 Å². The Labute approximate surface area is 257 Å². The normalized spacial score (nSPS) is 16.0. The van der Waals surface area contributed by atoms with E-state index in [9.17, 15) is 28.8 Å². The average Bonchev–Trinajstić information content (AvgIpc) is 3.68. The first-order valence-corrected chi connectivity index (χ1v) is 12.7. The molecule has 262 valence electrons. The monoisotopic (exact) mass is 658 g/mol. The zero-order valence-corrected chi connectivity index (χ0v) is 24.7. The molecule has 1 aromatic heterocycles. The van der Waals surface area contributed by atoms with Crippen molar-refractivity contribution < 1.29 is 69.6 Å². The van der Waals surface area contributed by atoms with Crippen LogP contribution in [0.4, 0.5) is 0 Å². The highest BCUT2D eigenvalue weighted by Crippen LogP contribution is 2.03. The molecular formula is C23H46N8O14. The standard InChI is InChI=1S/C6H9N3O2.C5H9NO2.2C3H7NO3.2C3H7NO2/c7-5(6(10)11)1-4-2-8-3-9-4;7-5(8)4-2-1-3-6-4;2*4-2(1-5)3(6)7;2*1-2(4)3(5)6/h2-3,5H,1,7H2,(H,8,9)(H,10,11);4,6H,1-3H2,(H,7,8);2*2,5H,1,4H2,(H,6,7);2*2H,4H2,1H3,(H,5,6)/t5-;4-;4*2-/m000000/s1. The number of aliphatic hydroxyl groups is 2. The number of carboxylic acids is 6. The summed E-state index contributed by atoms with van der Waals surface area (Å²) in [5.41, 5.74) is 25.2. The Hall–Kier alpha value is -4.29. The van der Waals surface area contributed by atoms with Crippen LogP contribution < -0.4 is 34.0 Å². The summed E-state index contributed by atoms with van der Waals surface area (Å²) in [6, 6.07) is -4.83. The Bertz CT molecular complexity index is 935. The third-order valence-electron chi connectivity index (χ3n) is 4.48. The Morgan fingerprint density at radius 3 is 1.29 bits per heavy atom. The SMILES string of the molecule is C[C@H](N)C(=O)O.C[C@H](N)C(=O)O.N[C@@H](CO)C(=O)O.N[C@@H](CO)C(=O)O.N[C@@H](Cc1cnc[nH]1)C(=O)O.O=C(O)[C@@H]1CCCN1. The van der Waals surface area contributed by atoms with Crippen molar-refractivity contribution in [3.05, 3.63) is 18.2 Å². The van der Waals surface area contributed by atoms with Gasteiger partial charge in [-0.25, -0.2) is 4.98 Å². The van der Waals surface area contributed by atoms with E-state index in [-0.39, 0.29) is 12.5 Å². The molecule has 0 amide bonds. The van der Waals surface area contributed by atoms with Crippen LogP contribution in [-0.4, -0.2) is 143 Å². The van der Waals surface area contributed by atoms with Crippen LogP contribution in [0.15, 0.2) is 12.5 Å². The molecule has 1 aliphatic rings. The lowest BCUT2D eigenvalue weighted by Gasteiger charge is -2.02. The van der Waals surface area contributed by atoms with E-state index in [0.717, 1.165) is 25.1 Å². The number of carboxylic acid groups (broad SMARTS) is 6. The summed E-state index contributed by atoms with van der Waals surface area (Å²) in [6.45, 7) is 2.69. The molecule has 20 N–H and O–H groups in total. The van der Waals surface area contributed by atoms with Gasteiger partial charge in [-0.3, -0.25) is 28.8 Å². The fourth-order valence-electron chi connectivity index (χ4n) is 1.77. The van der Waals surface area contributed by atoms with E-state index >= 15 is 0 Å². The number of nitrogens with one attached hydrogen (secondary N) is 2. The van der Waals surface area contributed by atoms with Gasteiger partial charge in [0.15, 0.2) is 0 Å². The van der Waals surface area contributed by atoms with Gasteiger partial charge in [-0.1, -0.05) is 0 Å². The van der Waals surface area contributed by atoms with Gasteiger partial charge in [-0.15, -0.1) is 0 Å². The molecule has 0 aliphatic carbocycles. The predicted molar refractivity (Wildman–Crippen MR) is 155 cm³/mol. The number of H-pyrrole nitrogens is 1. The van der Waals surface area contributed by atoms with E-state index in [4.69, 9.17) is 69.5 Å². The topological polar surface area (TPSA) is 435 Å². The molecule has 1 aliphatic heterocycles. The predicted octanol–water partition coefficient (Wildman–Crippen LogP) is -5.20. The Balaban J connectivity index is -0.000000228. The lowest BCUT2D eigenvalue weighted by Crippen LogP contribution is -2.33. The number of rotatable bonds is 10. The molecule has 45 heavy (non-hydrogen) atoms. The van der Waals surface area contributed by atoms with Crippen LogP contribution in [0.25, 0.3) is 0 Å². The minimum atomic E-state index is -1.18. The van der Waals surface area contributed by atoms with Crippen molar-refractivity contribution in [1.82, 2.24) is 15.3 Å². The quantitative estimate of drug-likeness (QED) is 0.112. The zero-order valence-electron chi connectivity index (χ0n) is 24.7. The number of aliphatic hydroxyl groups excluding tert-OH is 2. The lowest BCUT2D eigenvalue weighted by molar-refractivity contribution is -0.140. The minimum absolute atomic E-state index is 0.269. The summed E-state index contributed by atoms with van der Waals surface area (Å²) >= 11 is 0. The molecule has 22 heteroatoms. The molecule has 22 nitrogen and oxygen atoms in total. The second kappa shape index (κ2) is 28.5. The minimum Gasteiger partial charge on any atom is -0.480 e. The van der Waals surface area contributed by atoms with Crippen molar-refractivity contribution >= 4 is 35.8 Å². The highest BCUT2D eigenvalue weighted by molar-refractivity contribution is 5.74. The van der Waals surface area contributed by atoms with Gasteiger partial charge in [0.25, 0.3) is 0 Å². The summed E-state index contributed by atoms with van der Waals surface area (Å²) in [5, 5.41) is 67.2. The van der Waals surface area contributed by atoms with Gasteiger partial charge in [0.2, 0.25) is 0 Å². The highest BCUT2D eigenvalue weighted by atomic mass is 16.4. The summed E-state index contributed by atoms with van der Waals surface area (Å²) in [5.74, 6) is -6.00. The van der Waals surface area contributed by atoms with Crippen molar-refractivity contribution in [2.45, 2.75) is 69.4 Å². The molecule has 0 unspecified atom stereocenters. The van der Waals surface area contributed by atoms with Gasteiger partial charge in [0.05, 0.1) is 19.5 Å². The largest absolute Gasteiger partial charge is 0.480 e. The maximum Gasteiger partial charge on any atom is 0.322 e. The molecule has 1 fully saturated rings. The van der Waals surface area contributed by atoms with Crippen LogP contribution >= 0.6 is 0 Å². The van der Waals surface area contributed by atoms with Crippen LogP contribution in [0.1, 0.15) is 32.4 Å². The van der Waals surface area contributed by atoms with Crippen LogP contribution in [0.5, 0.6) is 0 Å². The molecule has 0 bridgehead atoms. The van der Waals surface area contributed by atoms with Gasteiger partial charge in [0, 0.05) is 18.3 Å². The summed E-state index contributed by atoms with van der Waals surface area (Å²) < 4.78 is 0. The Morgan fingerprint density at radius 2 is 1.13 bits per heavy atom. The summed E-state index contributed by atoms with van der Waals surface area (Å²) in [4.78, 5) is 65.3.